The van der Waals surface area contributed by atoms with Crippen LogP contribution in [0.4, 0.5) is 0 Å². The predicted molar refractivity (Wildman–Crippen MR) is 130 cm³/mol. The first-order valence-electron chi connectivity index (χ1n) is 10.8. The van der Waals surface area contributed by atoms with Crippen LogP contribution in [0.25, 0.3) is 10.2 Å². The first kappa shape index (κ1) is 24.1. The molecule has 0 radical (unpaired) electrons. The fourth-order valence-electron chi connectivity index (χ4n) is 3.97. The maximum atomic E-state index is 12.9. The lowest BCUT2D eigenvalue weighted by Gasteiger charge is -2.20. The molecule has 1 fully saturated rings. The number of hydrogen-bond donors (Lipinski definition) is 0. The average Bonchev–Trinajstić information content (AvgIpc) is 3.44. The Morgan fingerprint density at radius 3 is 2.64 bits per heavy atom. The first-order valence-corrected chi connectivity index (χ1v) is 13.4. The Bertz CT molecular complexity index is 1350. The van der Waals surface area contributed by atoms with E-state index >= 15 is 0 Å². The van der Waals surface area contributed by atoms with E-state index < -0.39 is 15.9 Å². The second-order valence-electron chi connectivity index (χ2n) is 8.03. The zero-order chi connectivity index (χ0) is 23.8. The smallest absolute Gasteiger partial charge is 0.279 e. The molecular formula is C23H26ClN3O4S2. The number of carbonyl (C=O) groups excluding carboxylic acids is 1. The minimum Gasteiger partial charge on any atom is -0.377 e. The van der Waals surface area contributed by atoms with Crippen LogP contribution in [-0.2, 0) is 21.3 Å². The van der Waals surface area contributed by atoms with Gasteiger partial charge in [0.25, 0.3) is 5.91 Å². The van der Waals surface area contributed by atoms with E-state index in [0.717, 1.165) is 28.6 Å². The number of nitrogens with zero attached hydrogens (tertiary/aromatic N) is 3. The van der Waals surface area contributed by atoms with Gasteiger partial charge in [-0.3, -0.25) is 4.79 Å². The van der Waals surface area contributed by atoms with Gasteiger partial charge in [-0.1, -0.05) is 29.0 Å². The Morgan fingerprint density at radius 2 is 2.00 bits per heavy atom. The molecule has 0 bridgehead atoms. The molecule has 33 heavy (non-hydrogen) atoms. The molecule has 1 aromatic heterocycles. The number of sulfonamides is 1. The highest BCUT2D eigenvalue weighted by Gasteiger charge is 2.26. The van der Waals surface area contributed by atoms with Gasteiger partial charge in [-0.25, -0.2) is 8.42 Å². The fraction of sp³-hybridized carbons (Fsp3) is 0.391. The summed E-state index contributed by atoms with van der Waals surface area (Å²) in [5.74, 6) is -0.436. The lowest BCUT2D eigenvalue weighted by Crippen LogP contribution is -2.34. The molecule has 0 saturated carbocycles. The molecule has 2 heterocycles. The Morgan fingerprint density at radius 1 is 1.27 bits per heavy atom. The number of aryl methyl sites for hydroxylation is 2. The number of ether oxygens (including phenoxy) is 1. The normalized spacial score (nSPS) is 17.4. The highest BCUT2D eigenvalue weighted by molar-refractivity contribution is 7.89. The van der Waals surface area contributed by atoms with Gasteiger partial charge in [-0.15, -0.1) is 0 Å². The number of carbonyl (C=O) groups is 1. The maximum absolute atomic E-state index is 12.9. The van der Waals surface area contributed by atoms with Crippen molar-refractivity contribution in [3.05, 3.63) is 57.3 Å². The number of halogens is 1. The Balaban J connectivity index is 1.61. The molecule has 0 N–H and O–H groups in total. The molecule has 1 amide bonds. The van der Waals surface area contributed by atoms with Crippen LogP contribution < -0.4 is 4.80 Å². The lowest BCUT2D eigenvalue weighted by atomic mass is 10.2. The first-order chi connectivity index (χ1) is 15.7. The third-order valence-corrected chi connectivity index (χ3v) is 9.16. The van der Waals surface area contributed by atoms with Gasteiger partial charge < -0.3 is 9.30 Å². The van der Waals surface area contributed by atoms with Crippen LogP contribution in [0, 0.1) is 6.92 Å². The van der Waals surface area contributed by atoms with E-state index in [0.29, 0.717) is 35.1 Å². The Kier molecular flexibility index (Phi) is 7.07. The van der Waals surface area contributed by atoms with Crippen LogP contribution in [0.3, 0.4) is 0 Å². The van der Waals surface area contributed by atoms with E-state index in [1.165, 1.54) is 39.9 Å². The minimum absolute atomic E-state index is 0.0758. The van der Waals surface area contributed by atoms with Crippen molar-refractivity contribution in [2.24, 2.45) is 4.99 Å². The van der Waals surface area contributed by atoms with Gasteiger partial charge in [-0.05, 0) is 62.6 Å². The zero-order valence-corrected chi connectivity index (χ0v) is 21.1. The monoisotopic (exact) mass is 507 g/mol. The largest absolute Gasteiger partial charge is 0.377 e. The zero-order valence-electron chi connectivity index (χ0n) is 18.7. The number of aromatic nitrogens is 1. The summed E-state index contributed by atoms with van der Waals surface area (Å²) in [7, 11) is -2.13. The topological polar surface area (TPSA) is 81.0 Å². The molecule has 1 atom stereocenters. The van der Waals surface area contributed by atoms with Crippen molar-refractivity contribution in [2.75, 3.05) is 20.2 Å². The van der Waals surface area contributed by atoms with Gasteiger partial charge in [0, 0.05) is 32.3 Å². The van der Waals surface area contributed by atoms with E-state index in [2.05, 4.69) is 4.99 Å². The lowest BCUT2D eigenvalue weighted by molar-refractivity contribution is 0.0979. The number of hydrogen-bond acceptors (Lipinski definition) is 5. The molecule has 4 rings (SSSR count). The Hall–Kier alpha value is -2.04. The van der Waals surface area contributed by atoms with Gasteiger partial charge in [0.05, 0.1) is 26.2 Å². The van der Waals surface area contributed by atoms with Gasteiger partial charge in [0.1, 0.15) is 0 Å². The summed E-state index contributed by atoms with van der Waals surface area (Å²) in [6.07, 6.45) is 1.73. The van der Waals surface area contributed by atoms with Crippen LogP contribution in [-0.4, -0.2) is 49.5 Å². The van der Waals surface area contributed by atoms with Crippen LogP contribution in [0.5, 0.6) is 0 Å². The molecule has 3 aromatic rings. The van der Waals surface area contributed by atoms with E-state index in [1.54, 1.807) is 7.05 Å². The van der Waals surface area contributed by atoms with Crippen LogP contribution in [0.15, 0.2) is 46.3 Å². The summed E-state index contributed by atoms with van der Waals surface area (Å²) >= 11 is 7.73. The van der Waals surface area contributed by atoms with Gasteiger partial charge in [0.15, 0.2) is 4.80 Å². The molecule has 0 spiro atoms. The molecule has 176 valence electrons. The molecule has 1 saturated heterocycles. The standard InChI is InChI=1S/C23H26ClN3O4S2/c1-4-27-20-15(2)7-12-19(24)21(20)32-23(27)25-22(28)16-8-10-18(11-9-16)33(29,30)26(3)14-17-6-5-13-31-17/h7-12,17H,4-6,13-14H2,1-3H3. The molecule has 1 aliphatic heterocycles. The third kappa shape index (κ3) is 4.79. The molecular weight excluding hydrogens is 482 g/mol. The van der Waals surface area contributed by atoms with Gasteiger partial charge in [0.2, 0.25) is 10.0 Å². The minimum atomic E-state index is -3.67. The molecule has 0 aliphatic carbocycles. The summed E-state index contributed by atoms with van der Waals surface area (Å²) in [5, 5.41) is 0.624. The van der Waals surface area contributed by atoms with Crippen molar-refractivity contribution >= 4 is 49.1 Å². The summed E-state index contributed by atoms with van der Waals surface area (Å²) < 4.78 is 35.5. The van der Waals surface area contributed by atoms with Crippen LogP contribution >= 0.6 is 22.9 Å². The molecule has 2 aromatic carbocycles. The predicted octanol–water partition coefficient (Wildman–Crippen LogP) is 4.23. The number of rotatable bonds is 6. The van der Waals surface area contributed by atoms with Gasteiger partial charge in [-0.2, -0.15) is 9.30 Å². The second-order valence-corrected chi connectivity index (χ2v) is 11.5. The highest BCUT2D eigenvalue weighted by atomic mass is 35.5. The van der Waals surface area contributed by atoms with E-state index in [1.807, 2.05) is 30.5 Å². The third-order valence-electron chi connectivity index (χ3n) is 5.79. The van der Waals surface area contributed by atoms with Crippen molar-refractivity contribution < 1.29 is 17.9 Å². The van der Waals surface area contributed by atoms with Crippen LogP contribution in [0.2, 0.25) is 5.02 Å². The van der Waals surface area contributed by atoms with E-state index in [-0.39, 0.29) is 11.0 Å². The number of thiazole rings is 1. The molecule has 1 unspecified atom stereocenters. The van der Waals surface area contributed by atoms with E-state index in [9.17, 15) is 13.2 Å². The molecule has 7 nitrogen and oxygen atoms in total. The van der Waals surface area contributed by atoms with Crippen molar-refractivity contribution in [3.8, 4) is 0 Å². The van der Waals surface area contributed by atoms with Crippen LogP contribution in [0.1, 0.15) is 35.7 Å². The van der Waals surface area contributed by atoms with Crippen molar-refractivity contribution in [1.29, 1.82) is 0 Å². The number of benzene rings is 2. The fourth-order valence-corrected chi connectivity index (χ4v) is 6.62. The summed E-state index contributed by atoms with van der Waals surface area (Å²) in [6.45, 7) is 5.61. The number of likely N-dealkylation sites (N-methyl/N-ethyl adjacent to an activating group) is 1. The summed E-state index contributed by atoms with van der Waals surface area (Å²) in [6, 6.07) is 9.69. The molecule has 10 heteroatoms. The SMILES string of the molecule is CCn1c(=NC(=O)c2ccc(S(=O)(=O)N(C)CC3CCCO3)cc2)sc2c(Cl)ccc(C)c21. The summed E-state index contributed by atoms with van der Waals surface area (Å²) in [4.78, 5) is 17.9. The van der Waals surface area contributed by atoms with Crippen molar-refractivity contribution in [2.45, 2.75) is 44.2 Å². The average molecular weight is 508 g/mol. The highest BCUT2D eigenvalue weighted by Crippen LogP contribution is 2.29. The van der Waals surface area contributed by atoms with E-state index in [4.69, 9.17) is 16.3 Å². The second kappa shape index (κ2) is 9.68. The van der Waals surface area contributed by atoms with Crippen molar-refractivity contribution in [1.82, 2.24) is 8.87 Å². The molecule has 1 aliphatic rings. The summed E-state index contributed by atoms with van der Waals surface area (Å²) in [5.41, 5.74) is 2.35. The van der Waals surface area contributed by atoms with Gasteiger partial charge >= 0.3 is 0 Å². The number of amides is 1. The number of fused-ring (bicyclic) bond motifs is 1. The quantitative estimate of drug-likeness (QED) is 0.500. The maximum Gasteiger partial charge on any atom is 0.279 e. The van der Waals surface area contributed by atoms with Crippen molar-refractivity contribution in [3.63, 3.8) is 0 Å². The Labute approximate surface area is 202 Å².